The van der Waals surface area contributed by atoms with E-state index in [1.165, 1.54) is 0 Å². The smallest absolute Gasteiger partial charge is 0.270 e. The molecule has 0 N–H and O–H groups in total. The largest absolute Gasteiger partial charge is 0.444 e. The molecular formula is C24H24N6O2S. The van der Waals surface area contributed by atoms with Crippen LogP contribution in [0.25, 0.3) is 26.6 Å². The van der Waals surface area contributed by atoms with Gasteiger partial charge in [0.2, 0.25) is 11.4 Å². The third-order valence-corrected chi connectivity index (χ3v) is 7.10. The van der Waals surface area contributed by atoms with Gasteiger partial charge >= 0.3 is 0 Å². The van der Waals surface area contributed by atoms with Crippen LogP contribution in [-0.2, 0) is 13.6 Å². The van der Waals surface area contributed by atoms with Crippen LogP contribution >= 0.6 is 11.3 Å². The average molecular weight is 461 g/mol. The molecule has 9 heteroatoms. The van der Waals surface area contributed by atoms with Gasteiger partial charge in [-0.3, -0.25) is 9.69 Å². The molecule has 0 aromatic carbocycles. The van der Waals surface area contributed by atoms with Gasteiger partial charge in [0.1, 0.15) is 6.26 Å². The Labute approximate surface area is 195 Å². The Bertz CT molecular complexity index is 1400. The number of fused-ring (bicyclic) bond motifs is 1. The molecule has 33 heavy (non-hydrogen) atoms. The van der Waals surface area contributed by atoms with Crippen molar-refractivity contribution in [1.82, 2.24) is 19.4 Å². The second-order valence-corrected chi connectivity index (χ2v) is 9.42. The number of hydrogen-bond acceptors (Lipinski definition) is 7. The van der Waals surface area contributed by atoms with Crippen molar-refractivity contribution >= 4 is 33.9 Å². The summed E-state index contributed by atoms with van der Waals surface area (Å²) in [6, 6.07) is 9.48. The molecule has 1 aliphatic rings. The highest BCUT2D eigenvalue weighted by atomic mass is 32.1. The fourth-order valence-electron chi connectivity index (χ4n) is 4.44. The topological polar surface area (TPSA) is 71.8 Å². The van der Waals surface area contributed by atoms with Gasteiger partial charge in [0, 0.05) is 44.8 Å². The SMILES string of the molecule is [C-]#[N+]c1ccc2c(n1)c(N1C[C@@H](C)N(Cc3coc(-c4cccs4)n3)C[C@@H]1C)cc(=O)n2C. The second kappa shape index (κ2) is 8.46. The van der Waals surface area contributed by atoms with Gasteiger partial charge in [-0.05, 0) is 37.4 Å². The number of aromatic nitrogens is 3. The molecule has 4 aromatic heterocycles. The Morgan fingerprint density at radius 3 is 2.82 bits per heavy atom. The van der Waals surface area contributed by atoms with Gasteiger partial charge in [-0.15, -0.1) is 16.3 Å². The maximum absolute atomic E-state index is 12.7. The van der Waals surface area contributed by atoms with Gasteiger partial charge in [-0.2, -0.15) is 0 Å². The van der Waals surface area contributed by atoms with E-state index in [2.05, 4.69) is 38.5 Å². The molecule has 0 unspecified atom stereocenters. The molecule has 5 rings (SSSR count). The third kappa shape index (κ3) is 3.92. The number of thiophene rings is 1. The van der Waals surface area contributed by atoms with Crippen molar-refractivity contribution in [2.24, 2.45) is 7.05 Å². The third-order valence-electron chi connectivity index (χ3n) is 6.24. The summed E-state index contributed by atoms with van der Waals surface area (Å²) < 4.78 is 7.27. The molecule has 0 aliphatic carbocycles. The molecule has 1 fully saturated rings. The highest BCUT2D eigenvalue weighted by Gasteiger charge is 2.32. The van der Waals surface area contributed by atoms with E-state index < -0.39 is 0 Å². The lowest BCUT2D eigenvalue weighted by Gasteiger charge is -2.44. The summed E-state index contributed by atoms with van der Waals surface area (Å²) >= 11 is 1.61. The molecule has 8 nitrogen and oxygen atoms in total. The standard InChI is InChI=1S/C24H24N6O2S/c1-15-12-30(19-10-22(31)28(4)18-7-8-21(25-3)27-23(18)19)16(2)11-29(15)13-17-14-32-24(26-17)20-6-5-9-33-20/h5-10,14-16H,11-13H2,1-2,4H3/t15-,16+/m1/s1. The summed E-state index contributed by atoms with van der Waals surface area (Å²) in [5.41, 5.74) is 3.04. The number of pyridine rings is 2. The van der Waals surface area contributed by atoms with Crippen LogP contribution in [0.5, 0.6) is 0 Å². The Morgan fingerprint density at radius 1 is 1.21 bits per heavy atom. The summed E-state index contributed by atoms with van der Waals surface area (Å²) in [5.74, 6) is 0.988. The number of nitrogens with zero attached hydrogens (tertiary/aromatic N) is 6. The highest BCUT2D eigenvalue weighted by Crippen LogP contribution is 2.31. The lowest BCUT2D eigenvalue weighted by Crippen LogP contribution is -2.56. The molecule has 168 valence electrons. The molecule has 1 aliphatic heterocycles. The highest BCUT2D eigenvalue weighted by molar-refractivity contribution is 7.13. The molecule has 0 bridgehead atoms. The quantitative estimate of drug-likeness (QED) is 0.423. The van der Waals surface area contributed by atoms with Crippen molar-refractivity contribution in [3.63, 3.8) is 0 Å². The fraction of sp³-hybridized carbons (Fsp3) is 0.333. The minimum atomic E-state index is -0.0825. The maximum Gasteiger partial charge on any atom is 0.270 e. The van der Waals surface area contributed by atoms with E-state index in [1.807, 2.05) is 17.5 Å². The van der Waals surface area contributed by atoms with E-state index in [1.54, 1.807) is 47.4 Å². The molecule has 4 aromatic rings. The number of rotatable bonds is 4. The van der Waals surface area contributed by atoms with Crippen molar-refractivity contribution in [2.75, 3.05) is 18.0 Å². The number of aryl methyl sites for hydroxylation is 1. The van der Waals surface area contributed by atoms with Gasteiger partial charge in [-0.25, -0.2) is 4.98 Å². The van der Waals surface area contributed by atoms with E-state index in [0.29, 0.717) is 23.8 Å². The number of oxazole rings is 1. The van der Waals surface area contributed by atoms with Crippen LogP contribution in [0.3, 0.4) is 0 Å². The first-order valence-electron chi connectivity index (χ1n) is 10.8. The van der Waals surface area contributed by atoms with Crippen LogP contribution in [0.4, 0.5) is 11.5 Å². The molecule has 2 atom stereocenters. The zero-order valence-corrected chi connectivity index (χ0v) is 19.5. The first-order chi connectivity index (χ1) is 15.9. The van der Waals surface area contributed by atoms with Crippen molar-refractivity contribution in [3.05, 3.63) is 69.4 Å². The minimum absolute atomic E-state index is 0.0825. The van der Waals surface area contributed by atoms with Crippen LogP contribution in [0.15, 0.2) is 51.2 Å². The van der Waals surface area contributed by atoms with E-state index in [-0.39, 0.29) is 17.6 Å². The normalized spacial score (nSPS) is 19.2. The van der Waals surface area contributed by atoms with Crippen molar-refractivity contribution < 1.29 is 4.42 Å². The van der Waals surface area contributed by atoms with Gasteiger partial charge in [0.25, 0.3) is 11.4 Å². The van der Waals surface area contributed by atoms with Crippen molar-refractivity contribution in [1.29, 1.82) is 0 Å². The fourth-order valence-corrected chi connectivity index (χ4v) is 5.09. The lowest BCUT2D eigenvalue weighted by molar-refractivity contribution is 0.156. The predicted molar refractivity (Wildman–Crippen MR) is 130 cm³/mol. The zero-order chi connectivity index (χ0) is 23.1. The summed E-state index contributed by atoms with van der Waals surface area (Å²) in [6.45, 7) is 13.9. The number of anilines is 1. The van der Waals surface area contributed by atoms with Crippen LogP contribution in [0, 0.1) is 6.57 Å². The lowest BCUT2D eigenvalue weighted by atomic mass is 10.1. The first kappa shape index (κ1) is 21.4. The Kier molecular flexibility index (Phi) is 5.48. The van der Waals surface area contributed by atoms with Gasteiger partial charge in [0.15, 0.2) is 0 Å². The van der Waals surface area contributed by atoms with E-state index >= 15 is 0 Å². The Morgan fingerprint density at radius 2 is 2.06 bits per heavy atom. The zero-order valence-electron chi connectivity index (χ0n) is 18.7. The summed E-state index contributed by atoms with van der Waals surface area (Å²) in [7, 11) is 1.74. The van der Waals surface area contributed by atoms with E-state index in [9.17, 15) is 4.79 Å². The molecule has 1 saturated heterocycles. The molecule has 0 spiro atoms. The monoisotopic (exact) mass is 460 g/mol. The molecular weight excluding hydrogens is 436 g/mol. The molecule has 0 radical (unpaired) electrons. The number of piperazine rings is 1. The van der Waals surface area contributed by atoms with Gasteiger partial charge in [-0.1, -0.05) is 12.6 Å². The van der Waals surface area contributed by atoms with Crippen LogP contribution in [-0.4, -0.2) is 44.6 Å². The molecule has 0 amide bonds. The second-order valence-electron chi connectivity index (χ2n) is 8.48. The Hall–Kier alpha value is -3.48. The van der Waals surface area contributed by atoms with Crippen LogP contribution in [0.2, 0.25) is 0 Å². The summed E-state index contributed by atoms with van der Waals surface area (Å²) in [4.78, 5) is 31.0. The average Bonchev–Trinajstić information content (AvgIpc) is 3.50. The predicted octanol–water partition coefficient (Wildman–Crippen LogP) is 4.30. The molecule has 5 heterocycles. The van der Waals surface area contributed by atoms with Gasteiger partial charge < -0.3 is 18.7 Å². The Balaban J connectivity index is 1.41. The first-order valence-corrected chi connectivity index (χ1v) is 11.7. The van der Waals surface area contributed by atoms with E-state index in [0.717, 1.165) is 34.9 Å². The number of hydrogen-bond donors (Lipinski definition) is 0. The minimum Gasteiger partial charge on any atom is -0.444 e. The van der Waals surface area contributed by atoms with Crippen LogP contribution in [0.1, 0.15) is 19.5 Å². The van der Waals surface area contributed by atoms with Crippen LogP contribution < -0.4 is 10.5 Å². The van der Waals surface area contributed by atoms with Crippen molar-refractivity contribution in [2.45, 2.75) is 32.5 Å². The molecule has 0 saturated carbocycles. The summed E-state index contributed by atoms with van der Waals surface area (Å²) in [5, 5.41) is 2.01. The van der Waals surface area contributed by atoms with E-state index in [4.69, 9.17) is 11.0 Å². The maximum atomic E-state index is 12.7. The summed E-state index contributed by atoms with van der Waals surface area (Å²) in [6.07, 6.45) is 1.74. The van der Waals surface area contributed by atoms with Crippen molar-refractivity contribution in [3.8, 4) is 10.8 Å². The van der Waals surface area contributed by atoms with Gasteiger partial charge in [0.05, 0.1) is 21.8 Å².